The van der Waals surface area contributed by atoms with Crippen LogP contribution in [-0.2, 0) is 6.18 Å². The molecule has 0 atom stereocenters. The van der Waals surface area contributed by atoms with Crippen LogP contribution in [0.4, 0.5) is 18.2 Å². The summed E-state index contributed by atoms with van der Waals surface area (Å²) >= 11 is 1.35. The van der Waals surface area contributed by atoms with Crippen LogP contribution >= 0.6 is 11.3 Å². The maximum Gasteiger partial charge on any atom is 0.416 e. The maximum atomic E-state index is 12.8. The molecule has 1 aromatic heterocycles. The number of alkyl halides is 3. The summed E-state index contributed by atoms with van der Waals surface area (Å²) in [6.07, 6.45) is -2.74. The van der Waals surface area contributed by atoms with Crippen LogP contribution in [0.3, 0.4) is 0 Å². The third-order valence-corrected chi connectivity index (χ3v) is 6.96. The van der Waals surface area contributed by atoms with Crippen LogP contribution in [0, 0.1) is 11.3 Å². The molecule has 0 saturated heterocycles. The van der Waals surface area contributed by atoms with Gasteiger partial charge in [-0.15, -0.1) is 11.3 Å². The lowest BCUT2D eigenvalue weighted by atomic mass is 10.1. The van der Waals surface area contributed by atoms with E-state index in [4.69, 9.17) is 0 Å². The van der Waals surface area contributed by atoms with E-state index >= 15 is 0 Å². The SMILES string of the molecule is CN(C)C=Nc1sc(-c2ccc(C(F)(F)F)cc2)c([Si](C)(C)C)c1C#N. The van der Waals surface area contributed by atoms with Crippen LogP contribution in [0.5, 0.6) is 0 Å². The van der Waals surface area contributed by atoms with Gasteiger partial charge in [0.1, 0.15) is 11.1 Å². The molecule has 2 aromatic rings. The minimum Gasteiger partial charge on any atom is -0.369 e. The molecule has 0 unspecified atom stereocenters. The fourth-order valence-corrected chi connectivity index (χ4v) is 6.42. The van der Waals surface area contributed by atoms with Crippen LogP contribution in [0.2, 0.25) is 19.6 Å². The van der Waals surface area contributed by atoms with E-state index in [1.807, 2.05) is 14.1 Å². The summed E-state index contributed by atoms with van der Waals surface area (Å²) in [6, 6.07) is 7.36. The van der Waals surface area contributed by atoms with Crippen molar-refractivity contribution >= 4 is 35.9 Å². The Morgan fingerprint density at radius 3 is 2.15 bits per heavy atom. The minimum absolute atomic E-state index is 0.530. The zero-order chi connectivity index (χ0) is 19.7. The van der Waals surface area contributed by atoms with E-state index in [2.05, 4.69) is 30.7 Å². The molecule has 8 heteroatoms. The molecule has 0 aliphatic carbocycles. The number of nitrogens with zero attached hydrogens (tertiary/aromatic N) is 3. The molecule has 26 heavy (non-hydrogen) atoms. The number of nitriles is 1. The first kappa shape index (κ1) is 20.2. The molecule has 0 radical (unpaired) electrons. The molecular formula is C18H20F3N3SSi. The second-order valence-electron chi connectivity index (χ2n) is 7.13. The molecule has 0 aliphatic heterocycles. The third-order valence-electron chi connectivity index (χ3n) is 3.63. The van der Waals surface area contributed by atoms with Gasteiger partial charge < -0.3 is 4.90 Å². The smallest absolute Gasteiger partial charge is 0.369 e. The van der Waals surface area contributed by atoms with E-state index in [1.165, 1.54) is 23.5 Å². The van der Waals surface area contributed by atoms with Crippen LogP contribution in [0.15, 0.2) is 29.3 Å². The Labute approximate surface area is 156 Å². The lowest BCUT2D eigenvalue weighted by molar-refractivity contribution is -0.137. The first-order valence-corrected chi connectivity index (χ1v) is 12.2. The van der Waals surface area contributed by atoms with Crippen molar-refractivity contribution in [3.05, 3.63) is 35.4 Å². The van der Waals surface area contributed by atoms with E-state index < -0.39 is 19.8 Å². The fraction of sp³-hybridized carbons (Fsp3) is 0.333. The normalized spacial score (nSPS) is 12.4. The highest BCUT2D eigenvalue weighted by Gasteiger charge is 2.32. The van der Waals surface area contributed by atoms with Gasteiger partial charge >= 0.3 is 6.18 Å². The minimum atomic E-state index is -4.37. The second kappa shape index (κ2) is 7.25. The molecule has 3 nitrogen and oxygen atoms in total. The van der Waals surface area contributed by atoms with E-state index in [0.717, 1.165) is 22.2 Å². The molecule has 0 N–H and O–H groups in total. The van der Waals surface area contributed by atoms with Crippen molar-refractivity contribution in [2.75, 3.05) is 14.1 Å². The third kappa shape index (κ3) is 4.34. The summed E-state index contributed by atoms with van der Waals surface area (Å²) in [4.78, 5) is 7.00. The summed E-state index contributed by atoms with van der Waals surface area (Å²) in [5, 5.41) is 11.2. The summed E-state index contributed by atoms with van der Waals surface area (Å²) in [6.45, 7) is 6.34. The van der Waals surface area contributed by atoms with Crippen molar-refractivity contribution in [1.82, 2.24) is 4.90 Å². The molecule has 0 aliphatic rings. The van der Waals surface area contributed by atoms with E-state index in [1.54, 1.807) is 11.2 Å². The number of rotatable bonds is 4. The Bertz CT molecular complexity index is 854. The quantitative estimate of drug-likeness (QED) is 0.412. The standard InChI is InChI=1S/C18H20F3N3SSi/c1-24(2)11-23-17-14(10-22)16(26(3,4)5)15(25-17)12-6-8-13(9-7-12)18(19,20)21/h6-9,11H,1-5H3. The van der Waals surface area contributed by atoms with Crippen LogP contribution in [0.25, 0.3) is 10.4 Å². The van der Waals surface area contributed by atoms with Crippen molar-refractivity contribution < 1.29 is 13.2 Å². The van der Waals surface area contributed by atoms with E-state index in [-0.39, 0.29) is 0 Å². The monoisotopic (exact) mass is 395 g/mol. The summed E-state index contributed by atoms with van der Waals surface area (Å²) < 4.78 is 38.5. The fourth-order valence-electron chi connectivity index (χ4n) is 2.51. The largest absolute Gasteiger partial charge is 0.416 e. The number of hydrogen-bond donors (Lipinski definition) is 0. The van der Waals surface area contributed by atoms with Gasteiger partial charge in [-0.1, -0.05) is 31.8 Å². The average Bonchev–Trinajstić information content (AvgIpc) is 2.91. The van der Waals surface area contributed by atoms with Gasteiger partial charge in [-0.25, -0.2) is 4.99 Å². The first-order valence-electron chi connectivity index (χ1n) is 7.90. The predicted octanol–water partition coefficient (Wildman–Crippen LogP) is 5.07. The average molecular weight is 396 g/mol. The van der Waals surface area contributed by atoms with Crippen molar-refractivity contribution in [3.63, 3.8) is 0 Å². The van der Waals surface area contributed by atoms with Gasteiger partial charge in [0.05, 0.1) is 25.5 Å². The summed E-state index contributed by atoms with van der Waals surface area (Å²) in [5.74, 6) is 0. The highest BCUT2D eigenvalue weighted by molar-refractivity contribution is 7.22. The Balaban J connectivity index is 2.66. The Kier molecular flexibility index (Phi) is 5.63. The topological polar surface area (TPSA) is 39.4 Å². The van der Waals surface area contributed by atoms with Gasteiger partial charge in [-0.05, 0) is 22.9 Å². The first-order chi connectivity index (χ1) is 11.9. The van der Waals surface area contributed by atoms with Gasteiger partial charge in [0.25, 0.3) is 0 Å². The van der Waals surface area contributed by atoms with Crippen LogP contribution in [-0.4, -0.2) is 33.4 Å². The van der Waals surface area contributed by atoms with Crippen molar-refractivity contribution in [2.45, 2.75) is 25.8 Å². The number of halogens is 3. The van der Waals surface area contributed by atoms with Gasteiger partial charge in [-0.2, -0.15) is 18.4 Å². The number of thiophene rings is 1. The molecule has 0 spiro atoms. The van der Waals surface area contributed by atoms with Crippen molar-refractivity contribution in [1.29, 1.82) is 5.26 Å². The Morgan fingerprint density at radius 2 is 1.73 bits per heavy atom. The molecule has 2 rings (SSSR count). The van der Waals surface area contributed by atoms with Gasteiger partial charge in [-0.3, -0.25) is 0 Å². The molecule has 0 saturated carbocycles. The molecule has 0 bridgehead atoms. The van der Waals surface area contributed by atoms with Crippen LogP contribution in [0.1, 0.15) is 11.1 Å². The van der Waals surface area contributed by atoms with Crippen molar-refractivity contribution in [2.24, 2.45) is 4.99 Å². The van der Waals surface area contributed by atoms with E-state index in [9.17, 15) is 18.4 Å². The molecule has 0 fully saturated rings. The molecule has 1 aromatic carbocycles. The van der Waals surface area contributed by atoms with Crippen molar-refractivity contribution in [3.8, 4) is 16.5 Å². The lowest BCUT2D eigenvalue weighted by Crippen LogP contribution is -2.39. The van der Waals surface area contributed by atoms with E-state index in [0.29, 0.717) is 16.1 Å². The zero-order valence-electron chi connectivity index (χ0n) is 15.3. The maximum absolute atomic E-state index is 12.8. The molecule has 1 heterocycles. The Hall–Kier alpha value is -2.11. The summed E-state index contributed by atoms with van der Waals surface area (Å²) in [7, 11) is 1.73. The number of benzene rings is 1. The summed E-state index contributed by atoms with van der Waals surface area (Å²) in [5.41, 5.74) is 0.532. The Morgan fingerprint density at radius 1 is 1.15 bits per heavy atom. The van der Waals surface area contributed by atoms with Gasteiger partial charge in [0.2, 0.25) is 0 Å². The zero-order valence-corrected chi connectivity index (χ0v) is 17.1. The van der Waals surface area contributed by atoms with Gasteiger partial charge in [0.15, 0.2) is 0 Å². The lowest BCUT2D eigenvalue weighted by Gasteiger charge is -2.18. The van der Waals surface area contributed by atoms with Crippen LogP contribution < -0.4 is 5.19 Å². The predicted molar refractivity (Wildman–Crippen MR) is 104 cm³/mol. The molecule has 0 amide bonds. The van der Waals surface area contributed by atoms with Gasteiger partial charge in [0, 0.05) is 19.0 Å². The highest BCUT2D eigenvalue weighted by Crippen LogP contribution is 2.38. The second-order valence-corrected chi connectivity index (χ2v) is 13.1. The number of hydrogen-bond acceptors (Lipinski definition) is 3. The highest BCUT2D eigenvalue weighted by atomic mass is 32.1. The molecular weight excluding hydrogens is 375 g/mol. The number of aliphatic imine (C=N–C) groups is 1. The molecule has 138 valence electrons.